The highest BCUT2D eigenvalue weighted by molar-refractivity contribution is 5.83. The minimum Gasteiger partial charge on any atom is -0.497 e. The predicted octanol–water partition coefficient (Wildman–Crippen LogP) is 3.78. The summed E-state index contributed by atoms with van der Waals surface area (Å²) in [6, 6.07) is 11.8. The van der Waals surface area contributed by atoms with Crippen LogP contribution in [0.1, 0.15) is 11.1 Å². The Morgan fingerprint density at radius 2 is 1.83 bits per heavy atom. The molecule has 0 amide bonds. The normalized spacial score (nSPS) is 11.8. The summed E-state index contributed by atoms with van der Waals surface area (Å²) in [5.41, 5.74) is 3.85. The first kappa shape index (κ1) is 18.7. The molecule has 0 saturated heterocycles. The van der Waals surface area contributed by atoms with Crippen molar-refractivity contribution in [1.82, 2.24) is 9.97 Å². The molecule has 0 aliphatic carbocycles. The Labute approximate surface area is 169 Å². The molecule has 8 heteroatoms. The lowest BCUT2D eigenvalue weighted by atomic mass is 10.1. The second-order valence-corrected chi connectivity index (χ2v) is 6.49. The van der Waals surface area contributed by atoms with Crippen LogP contribution in [0.4, 0.5) is 23.0 Å². The summed E-state index contributed by atoms with van der Waals surface area (Å²) in [7, 11) is 4.91. The Hall–Kier alpha value is -3.68. The lowest BCUT2D eigenvalue weighted by molar-refractivity contribution is 0.355. The molecule has 0 radical (unpaired) electrons. The summed E-state index contributed by atoms with van der Waals surface area (Å²) in [6.07, 6.45) is 1.53. The van der Waals surface area contributed by atoms with E-state index in [1.165, 1.54) is 6.33 Å². The van der Waals surface area contributed by atoms with E-state index >= 15 is 0 Å². The Balaban J connectivity index is 1.59. The average molecular weight is 393 g/mol. The summed E-state index contributed by atoms with van der Waals surface area (Å²) in [5.74, 6) is 3.58. The van der Waals surface area contributed by atoms with Crippen molar-refractivity contribution in [3.63, 3.8) is 0 Å². The highest BCUT2D eigenvalue weighted by Gasteiger charge is 2.19. The lowest BCUT2D eigenvalue weighted by Crippen LogP contribution is -2.08. The van der Waals surface area contributed by atoms with E-state index < -0.39 is 0 Å². The van der Waals surface area contributed by atoms with Gasteiger partial charge in [0.1, 0.15) is 17.8 Å². The Morgan fingerprint density at radius 3 is 2.62 bits per heavy atom. The molecule has 4 rings (SSSR count). The number of benzene rings is 2. The van der Waals surface area contributed by atoms with Crippen LogP contribution in [-0.2, 0) is 13.1 Å². The van der Waals surface area contributed by atoms with Crippen LogP contribution >= 0.6 is 0 Å². The van der Waals surface area contributed by atoms with E-state index in [1.807, 2.05) is 36.4 Å². The molecule has 0 unspecified atom stereocenters. The van der Waals surface area contributed by atoms with Crippen molar-refractivity contribution < 1.29 is 14.2 Å². The Morgan fingerprint density at radius 1 is 1.00 bits per heavy atom. The molecule has 1 aliphatic rings. The minimum atomic E-state index is 0.594. The summed E-state index contributed by atoms with van der Waals surface area (Å²) < 4.78 is 16.1. The smallest absolute Gasteiger partial charge is 0.162 e. The fourth-order valence-electron chi connectivity index (χ4n) is 3.24. The molecule has 29 heavy (non-hydrogen) atoms. The van der Waals surface area contributed by atoms with E-state index in [1.54, 1.807) is 21.3 Å². The van der Waals surface area contributed by atoms with Crippen LogP contribution in [-0.4, -0.2) is 31.3 Å². The number of nitrogens with zero attached hydrogens (tertiary/aromatic N) is 2. The first-order chi connectivity index (χ1) is 14.2. The number of hydrogen-bond acceptors (Lipinski definition) is 8. The van der Waals surface area contributed by atoms with E-state index in [0.29, 0.717) is 30.4 Å². The van der Waals surface area contributed by atoms with E-state index in [4.69, 9.17) is 14.2 Å². The van der Waals surface area contributed by atoms with Gasteiger partial charge in [0.25, 0.3) is 0 Å². The molecule has 1 aromatic heterocycles. The van der Waals surface area contributed by atoms with Gasteiger partial charge in [-0.15, -0.1) is 0 Å². The van der Waals surface area contributed by atoms with Crippen LogP contribution in [0.5, 0.6) is 17.2 Å². The molecule has 0 atom stereocenters. The van der Waals surface area contributed by atoms with Crippen LogP contribution in [0.2, 0.25) is 0 Å². The second-order valence-electron chi connectivity index (χ2n) is 6.49. The molecule has 0 fully saturated rings. The standard InChI is InChI=1S/C21H23N5O3/c1-27-15-6-4-5-13(7-15)10-23-20-19-21(25-12-24-20)26-16-9-18(29-3)17(28-2)8-14(16)11-22-19/h4-9,12,22H,10-11H2,1-3H3,(H2,23,24,25,26). The van der Waals surface area contributed by atoms with Gasteiger partial charge < -0.3 is 30.2 Å². The molecule has 2 aromatic carbocycles. The SMILES string of the molecule is COc1cccc(CNc2ncnc3c2NCc2cc(OC)c(OC)cc2N3)c1. The highest BCUT2D eigenvalue weighted by atomic mass is 16.5. The van der Waals surface area contributed by atoms with Crippen LogP contribution in [0, 0.1) is 0 Å². The van der Waals surface area contributed by atoms with Crippen LogP contribution < -0.4 is 30.2 Å². The van der Waals surface area contributed by atoms with Crippen LogP contribution in [0.3, 0.4) is 0 Å². The summed E-state index contributed by atoms with van der Waals surface area (Å²) in [4.78, 5) is 8.82. The van der Waals surface area contributed by atoms with Gasteiger partial charge in [-0.2, -0.15) is 0 Å². The molecular weight excluding hydrogens is 370 g/mol. The zero-order chi connectivity index (χ0) is 20.2. The lowest BCUT2D eigenvalue weighted by Gasteiger charge is -2.14. The van der Waals surface area contributed by atoms with Crippen molar-refractivity contribution in [2.45, 2.75) is 13.1 Å². The minimum absolute atomic E-state index is 0.594. The van der Waals surface area contributed by atoms with Gasteiger partial charge in [-0.05, 0) is 29.3 Å². The topological polar surface area (TPSA) is 89.6 Å². The molecular formula is C21H23N5O3. The molecule has 0 saturated carbocycles. The number of hydrogen-bond donors (Lipinski definition) is 3. The van der Waals surface area contributed by atoms with Gasteiger partial charge >= 0.3 is 0 Å². The van der Waals surface area contributed by atoms with Crippen LogP contribution in [0.15, 0.2) is 42.7 Å². The first-order valence-electron chi connectivity index (χ1n) is 9.19. The second kappa shape index (κ2) is 8.14. The van der Waals surface area contributed by atoms with Crippen molar-refractivity contribution in [3.8, 4) is 17.2 Å². The molecule has 0 bridgehead atoms. The number of anilines is 4. The number of nitrogens with one attached hydrogen (secondary N) is 3. The van der Waals surface area contributed by atoms with E-state index in [9.17, 15) is 0 Å². The molecule has 3 aromatic rings. The maximum atomic E-state index is 5.42. The number of rotatable bonds is 6. The van der Waals surface area contributed by atoms with Crippen molar-refractivity contribution in [2.75, 3.05) is 37.3 Å². The molecule has 2 heterocycles. The predicted molar refractivity (Wildman–Crippen MR) is 113 cm³/mol. The third-order valence-electron chi connectivity index (χ3n) is 4.76. The fraction of sp³-hybridized carbons (Fsp3) is 0.238. The van der Waals surface area contributed by atoms with Crippen LogP contribution in [0.25, 0.3) is 0 Å². The maximum Gasteiger partial charge on any atom is 0.162 e. The molecule has 3 N–H and O–H groups in total. The van der Waals surface area contributed by atoms with Gasteiger partial charge in [0.2, 0.25) is 0 Å². The van der Waals surface area contributed by atoms with Gasteiger partial charge in [0, 0.05) is 24.8 Å². The Bertz CT molecular complexity index is 1030. The van der Waals surface area contributed by atoms with Crippen molar-refractivity contribution >= 4 is 23.0 Å². The Kier molecular flexibility index (Phi) is 5.24. The zero-order valence-electron chi connectivity index (χ0n) is 16.6. The maximum absolute atomic E-state index is 5.42. The zero-order valence-corrected chi connectivity index (χ0v) is 16.6. The van der Waals surface area contributed by atoms with Gasteiger partial charge in [-0.3, -0.25) is 0 Å². The van der Waals surface area contributed by atoms with Gasteiger partial charge in [-0.1, -0.05) is 12.1 Å². The first-order valence-corrected chi connectivity index (χ1v) is 9.19. The number of methoxy groups -OCH3 is 3. The summed E-state index contributed by atoms with van der Waals surface area (Å²) >= 11 is 0. The number of aromatic nitrogens is 2. The molecule has 1 aliphatic heterocycles. The molecule has 150 valence electrons. The average Bonchev–Trinajstić information content (AvgIpc) is 2.95. The third kappa shape index (κ3) is 3.82. The van der Waals surface area contributed by atoms with Gasteiger partial charge in [0.05, 0.1) is 21.3 Å². The monoisotopic (exact) mass is 393 g/mol. The largest absolute Gasteiger partial charge is 0.497 e. The van der Waals surface area contributed by atoms with Gasteiger partial charge in [-0.25, -0.2) is 9.97 Å². The quantitative estimate of drug-likeness (QED) is 0.583. The van der Waals surface area contributed by atoms with Crippen molar-refractivity contribution in [1.29, 1.82) is 0 Å². The highest BCUT2D eigenvalue weighted by Crippen LogP contribution is 2.39. The summed E-state index contributed by atoms with van der Waals surface area (Å²) in [6.45, 7) is 1.20. The fourth-order valence-corrected chi connectivity index (χ4v) is 3.24. The number of ether oxygens (including phenoxy) is 3. The number of fused-ring (bicyclic) bond motifs is 2. The summed E-state index contributed by atoms with van der Waals surface area (Å²) in [5, 5.41) is 10.2. The van der Waals surface area contributed by atoms with E-state index in [0.717, 1.165) is 34.1 Å². The van der Waals surface area contributed by atoms with Gasteiger partial charge in [0.15, 0.2) is 23.1 Å². The molecule has 0 spiro atoms. The van der Waals surface area contributed by atoms with Crippen molar-refractivity contribution in [2.24, 2.45) is 0 Å². The van der Waals surface area contributed by atoms with E-state index in [-0.39, 0.29) is 0 Å². The molecule has 8 nitrogen and oxygen atoms in total. The third-order valence-corrected chi connectivity index (χ3v) is 4.76. The van der Waals surface area contributed by atoms with E-state index in [2.05, 4.69) is 25.9 Å². The van der Waals surface area contributed by atoms with Crippen molar-refractivity contribution in [3.05, 3.63) is 53.9 Å².